The predicted octanol–water partition coefficient (Wildman–Crippen LogP) is 3.31. The first-order valence-electron chi connectivity index (χ1n) is 5.84. The Morgan fingerprint density at radius 3 is 2.29 bits per heavy atom. The Labute approximate surface area is 86.7 Å². The molecule has 1 saturated carbocycles. The molecule has 1 rings (SSSR count). The highest BCUT2D eigenvalue weighted by Crippen LogP contribution is 2.31. The fraction of sp³-hybridized carbons (Fsp3) is 0.917. The summed E-state index contributed by atoms with van der Waals surface area (Å²) in [5.74, 6) is 0.213. The molecular weight excluding hydrogens is 176 g/mol. The van der Waals surface area contributed by atoms with Crippen molar-refractivity contribution in [3.63, 3.8) is 0 Å². The standard InChI is InChI=1S/C12H22O2/c1-9(2)11(12(13)14)8-10-6-4-3-5-7-10/h9-11H,3-8H2,1-2H3,(H,13,14)/t11-/m0/s1. The van der Waals surface area contributed by atoms with Crippen LogP contribution in [0.4, 0.5) is 0 Å². The molecule has 2 heteroatoms. The van der Waals surface area contributed by atoms with Crippen molar-refractivity contribution in [1.82, 2.24) is 0 Å². The van der Waals surface area contributed by atoms with Crippen LogP contribution in [0.15, 0.2) is 0 Å². The maximum absolute atomic E-state index is 11.0. The van der Waals surface area contributed by atoms with Gasteiger partial charge in [-0.15, -0.1) is 0 Å². The molecule has 14 heavy (non-hydrogen) atoms. The molecule has 1 fully saturated rings. The summed E-state index contributed by atoms with van der Waals surface area (Å²) in [7, 11) is 0. The number of rotatable bonds is 4. The molecule has 0 aromatic carbocycles. The molecule has 0 heterocycles. The van der Waals surface area contributed by atoms with Gasteiger partial charge in [0, 0.05) is 0 Å². The third-order valence-electron chi connectivity index (χ3n) is 3.43. The molecule has 82 valence electrons. The predicted molar refractivity (Wildman–Crippen MR) is 57.2 cm³/mol. The van der Waals surface area contributed by atoms with Crippen LogP contribution in [0.25, 0.3) is 0 Å². The van der Waals surface area contributed by atoms with Gasteiger partial charge in [-0.3, -0.25) is 4.79 Å². The van der Waals surface area contributed by atoms with Crippen molar-refractivity contribution in [2.24, 2.45) is 17.8 Å². The molecule has 1 N–H and O–H groups in total. The molecule has 0 spiro atoms. The number of carboxylic acids is 1. The van der Waals surface area contributed by atoms with Crippen LogP contribution in [0.2, 0.25) is 0 Å². The molecule has 1 aliphatic carbocycles. The Bertz CT molecular complexity index is 181. The first-order chi connectivity index (χ1) is 6.61. The van der Waals surface area contributed by atoms with Gasteiger partial charge in [-0.25, -0.2) is 0 Å². The van der Waals surface area contributed by atoms with Gasteiger partial charge in [0.05, 0.1) is 5.92 Å². The first-order valence-corrected chi connectivity index (χ1v) is 5.84. The van der Waals surface area contributed by atoms with Crippen LogP contribution < -0.4 is 0 Å². The van der Waals surface area contributed by atoms with E-state index in [2.05, 4.69) is 0 Å². The Morgan fingerprint density at radius 1 is 1.29 bits per heavy atom. The molecule has 0 radical (unpaired) electrons. The van der Waals surface area contributed by atoms with Crippen LogP contribution in [0, 0.1) is 17.8 Å². The zero-order valence-electron chi connectivity index (χ0n) is 9.33. The van der Waals surface area contributed by atoms with E-state index in [1.807, 2.05) is 13.8 Å². The monoisotopic (exact) mass is 198 g/mol. The quantitative estimate of drug-likeness (QED) is 0.752. The van der Waals surface area contributed by atoms with Gasteiger partial charge < -0.3 is 5.11 Å². The average Bonchev–Trinajstić information content (AvgIpc) is 2.15. The second-order valence-electron chi connectivity index (χ2n) is 4.93. The van der Waals surface area contributed by atoms with Crippen LogP contribution in [0.5, 0.6) is 0 Å². The molecule has 1 aliphatic rings. The lowest BCUT2D eigenvalue weighted by molar-refractivity contribution is -0.144. The fourth-order valence-corrected chi connectivity index (χ4v) is 2.44. The summed E-state index contributed by atoms with van der Waals surface area (Å²) in [6, 6.07) is 0. The van der Waals surface area contributed by atoms with E-state index in [4.69, 9.17) is 5.11 Å². The van der Waals surface area contributed by atoms with Crippen molar-refractivity contribution in [3.8, 4) is 0 Å². The Morgan fingerprint density at radius 2 is 1.86 bits per heavy atom. The second kappa shape index (κ2) is 5.38. The lowest BCUT2D eigenvalue weighted by atomic mass is 9.79. The molecule has 0 aromatic rings. The van der Waals surface area contributed by atoms with Crippen LogP contribution in [0.1, 0.15) is 52.4 Å². The summed E-state index contributed by atoms with van der Waals surface area (Å²) in [6.07, 6.45) is 7.33. The van der Waals surface area contributed by atoms with Crippen molar-refractivity contribution in [3.05, 3.63) is 0 Å². The summed E-state index contributed by atoms with van der Waals surface area (Å²) in [5.41, 5.74) is 0. The van der Waals surface area contributed by atoms with Gasteiger partial charge in [0.2, 0.25) is 0 Å². The SMILES string of the molecule is CC(C)[C@H](CC1CCCCC1)C(=O)O. The molecular formula is C12H22O2. The Hall–Kier alpha value is -0.530. The minimum Gasteiger partial charge on any atom is -0.481 e. The van der Waals surface area contributed by atoms with Crippen molar-refractivity contribution < 1.29 is 9.90 Å². The highest BCUT2D eigenvalue weighted by atomic mass is 16.4. The van der Waals surface area contributed by atoms with Crippen LogP contribution >= 0.6 is 0 Å². The molecule has 0 amide bonds. The fourth-order valence-electron chi connectivity index (χ4n) is 2.44. The topological polar surface area (TPSA) is 37.3 Å². The molecule has 0 bridgehead atoms. The molecule has 0 aliphatic heterocycles. The zero-order chi connectivity index (χ0) is 10.6. The maximum Gasteiger partial charge on any atom is 0.306 e. The minimum absolute atomic E-state index is 0.127. The lowest BCUT2D eigenvalue weighted by Gasteiger charge is -2.26. The number of carbonyl (C=O) groups is 1. The third kappa shape index (κ3) is 3.32. The normalized spacial score (nSPS) is 21.1. The van der Waals surface area contributed by atoms with Gasteiger partial charge in [0.15, 0.2) is 0 Å². The van der Waals surface area contributed by atoms with E-state index < -0.39 is 5.97 Å². The Kier molecular flexibility index (Phi) is 4.43. The van der Waals surface area contributed by atoms with E-state index in [-0.39, 0.29) is 11.8 Å². The number of aliphatic carboxylic acids is 1. The summed E-state index contributed by atoms with van der Waals surface area (Å²) in [5, 5.41) is 9.07. The Balaban J connectivity index is 2.41. The van der Waals surface area contributed by atoms with E-state index in [1.165, 1.54) is 32.1 Å². The smallest absolute Gasteiger partial charge is 0.306 e. The van der Waals surface area contributed by atoms with E-state index in [1.54, 1.807) is 0 Å². The van der Waals surface area contributed by atoms with Gasteiger partial charge in [-0.2, -0.15) is 0 Å². The maximum atomic E-state index is 11.0. The summed E-state index contributed by atoms with van der Waals surface area (Å²) in [6.45, 7) is 4.03. The molecule has 0 saturated heterocycles. The van der Waals surface area contributed by atoms with Crippen molar-refractivity contribution >= 4 is 5.97 Å². The summed E-state index contributed by atoms with van der Waals surface area (Å²) >= 11 is 0. The molecule has 0 aromatic heterocycles. The van der Waals surface area contributed by atoms with E-state index in [9.17, 15) is 4.79 Å². The zero-order valence-corrected chi connectivity index (χ0v) is 9.33. The van der Waals surface area contributed by atoms with Crippen molar-refractivity contribution in [2.75, 3.05) is 0 Å². The minimum atomic E-state index is -0.606. The van der Waals surface area contributed by atoms with Gasteiger partial charge in [0.25, 0.3) is 0 Å². The first kappa shape index (κ1) is 11.5. The van der Waals surface area contributed by atoms with Crippen LogP contribution in [-0.4, -0.2) is 11.1 Å². The summed E-state index contributed by atoms with van der Waals surface area (Å²) < 4.78 is 0. The van der Waals surface area contributed by atoms with E-state index >= 15 is 0 Å². The second-order valence-corrected chi connectivity index (χ2v) is 4.93. The molecule has 0 unspecified atom stereocenters. The average molecular weight is 198 g/mol. The highest BCUT2D eigenvalue weighted by Gasteiger charge is 2.26. The van der Waals surface area contributed by atoms with Gasteiger partial charge in [-0.05, 0) is 18.3 Å². The van der Waals surface area contributed by atoms with Gasteiger partial charge in [-0.1, -0.05) is 46.0 Å². The largest absolute Gasteiger partial charge is 0.481 e. The van der Waals surface area contributed by atoms with E-state index in [0.29, 0.717) is 5.92 Å². The van der Waals surface area contributed by atoms with Crippen molar-refractivity contribution in [1.29, 1.82) is 0 Å². The van der Waals surface area contributed by atoms with Gasteiger partial charge in [0.1, 0.15) is 0 Å². The van der Waals surface area contributed by atoms with Crippen LogP contribution in [0.3, 0.4) is 0 Å². The van der Waals surface area contributed by atoms with Crippen LogP contribution in [-0.2, 0) is 4.79 Å². The lowest BCUT2D eigenvalue weighted by Crippen LogP contribution is -2.23. The van der Waals surface area contributed by atoms with E-state index in [0.717, 1.165) is 6.42 Å². The molecule has 2 nitrogen and oxygen atoms in total. The summed E-state index contributed by atoms with van der Waals surface area (Å²) in [4.78, 5) is 11.0. The number of carboxylic acid groups (broad SMARTS) is 1. The highest BCUT2D eigenvalue weighted by molar-refractivity contribution is 5.70. The van der Waals surface area contributed by atoms with Crippen molar-refractivity contribution in [2.45, 2.75) is 52.4 Å². The van der Waals surface area contributed by atoms with Gasteiger partial charge >= 0.3 is 5.97 Å². The number of hydrogen-bond donors (Lipinski definition) is 1. The molecule has 1 atom stereocenters. The number of hydrogen-bond acceptors (Lipinski definition) is 1. The third-order valence-corrected chi connectivity index (χ3v) is 3.43.